The van der Waals surface area contributed by atoms with Gasteiger partial charge in [0.1, 0.15) is 0 Å². The van der Waals surface area contributed by atoms with Crippen LogP contribution in [0.1, 0.15) is 41.6 Å². The monoisotopic (exact) mass is 426 g/mol. The highest BCUT2D eigenvalue weighted by Gasteiger charge is 2.34. The van der Waals surface area contributed by atoms with Crippen LogP contribution in [0.4, 0.5) is 13.2 Å². The Balaban J connectivity index is 1.50. The van der Waals surface area contributed by atoms with Crippen molar-refractivity contribution in [3.05, 3.63) is 35.4 Å². The van der Waals surface area contributed by atoms with Crippen LogP contribution in [-0.2, 0) is 20.5 Å². The van der Waals surface area contributed by atoms with Gasteiger partial charge in [0.2, 0.25) is 5.91 Å². The summed E-state index contributed by atoms with van der Waals surface area (Å²) in [7, 11) is 1.36. The van der Waals surface area contributed by atoms with Gasteiger partial charge in [-0.2, -0.15) is 13.2 Å². The number of amides is 2. The van der Waals surface area contributed by atoms with E-state index in [-0.39, 0.29) is 35.2 Å². The number of alkyl halides is 3. The zero-order valence-electron chi connectivity index (χ0n) is 16.8. The van der Waals surface area contributed by atoms with Crippen molar-refractivity contribution in [2.45, 2.75) is 31.9 Å². The summed E-state index contributed by atoms with van der Waals surface area (Å²) in [4.78, 5) is 40.3. The van der Waals surface area contributed by atoms with E-state index in [1.165, 1.54) is 19.2 Å². The topological polar surface area (TPSA) is 66.9 Å². The Labute approximate surface area is 173 Å². The van der Waals surface area contributed by atoms with Crippen molar-refractivity contribution >= 4 is 17.8 Å². The van der Waals surface area contributed by atoms with Crippen molar-refractivity contribution in [2.24, 2.45) is 11.8 Å². The second kappa shape index (κ2) is 9.06. The number of esters is 1. The summed E-state index contributed by atoms with van der Waals surface area (Å²) in [6, 6.07) is 4.19. The van der Waals surface area contributed by atoms with E-state index in [9.17, 15) is 27.6 Å². The summed E-state index contributed by atoms with van der Waals surface area (Å²) in [6.45, 7) is 1.80. The molecule has 9 heteroatoms. The van der Waals surface area contributed by atoms with Gasteiger partial charge >= 0.3 is 12.1 Å². The number of rotatable bonds is 3. The van der Waals surface area contributed by atoms with Gasteiger partial charge in [0.15, 0.2) is 0 Å². The van der Waals surface area contributed by atoms with Crippen LogP contribution in [0, 0.1) is 11.8 Å². The number of nitrogens with zero attached hydrogens (tertiary/aromatic N) is 2. The van der Waals surface area contributed by atoms with Crippen LogP contribution in [0.25, 0.3) is 0 Å². The average molecular weight is 426 g/mol. The zero-order valence-corrected chi connectivity index (χ0v) is 16.8. The lowest BCUT2D eigenvalue weighted by Gasteiger charge is -2.36. The first-order valence-electron chi connectivity index (χ1n) is 10.0. The highest BCUT2D eigenvalue weighted by molar-refractivity contribution is 5.94. The molecule has 0 spiro atoms. The first-order valence-corrected chi connectivity index (χ1v) is 10.0. The Hall–Kier alpha value is -2.58. The maximum atomic E-state index is 12.8. The highest BCUT2D eigenvalue weighted by atomic mass is 19.4. The standard InChI is InChI=1S/C21H25F3N2O4/c1-30-20(29)16-8-12-26(13-9-16)19(28)15-6-10-25(11-7-15)18(27)14-2-4-17(5-3-14)21(22,23)24/h2-5,15-16H,6-13H2,1H3. The fraction of sp³-hybridized carbons (Fsp3) is 0.571. The molecule has 0 saturated carbocycles. The summed E-state index contributed by atoms with van der Waals surface area (Å²) in [5.74, 6) is -0.871. The van der Waals surface area contributed by atoms with E-state index in [0.717, 1.165) is 12.1 Å². The molecule has 2 amide bonds. The van der Waals surface area contributed by atoms with Crippen LogP contribution in [-0.4, -0.2) is 60.9 Å². The lowest BCUT2D eigenvalue weighted by Crippen LogP contribution is -2.47. The molecule has 30 heavy (non-hydrogen) atoms. The highest BCUT2D eigenvalue weighted by Crippen LogP contribution is 2.30. The molecule has 3 rings (SSSR count). The number of hydrogen-bond acceptors (Lipinski definition) is 4. The third-order valence-corrected chi connectivity index (χ3v) is 5.93. The molecule has 2 heterocycles. The normalized spacial score (nSPS) is 18.9. The average Bonchev–Trinajstić information content (AvgIpc) is 2.77. The van der Waals surface area contributed by atoms with Gasteiger partial charge in [0.05, 0.1) is 18.6 Å². The van der Waals surface area contributed by atoms with Gasteiger partial charge < -0.3 is 14.5 Å². The molecule has 0 unspecified atom stereocenters. The minimum atomic E-state index is -4.44. The lowest BCUT2D eigenvalue weighted by atomic mass is 9.92. The third kappa shape index (κ3) is 4.94. The molecular formula is C21H25F3N2O4. The third-order valence-electron chi connectivity index (χ3n) is 5.93. The molecule has 1 aromatic carbocycles. The number of likely N-dealkylation sites (tertiary alicyclic amines) is 2. The van der Waals surface area contributed by atoms with Crippen molar-refractivity contribution < 1.29 is 32.3 Å². The second-order valence-electron chi connectivity index (χ2n) is 7.76. The molecule has 2 aliphatic rings. The van der Waals surface area contributed by atoms with E-state index in [4.69, 9.17) is 4.74 Å². The minimum absolute atomic E-state index is 0.0416. The maximum Gasteiger partial charge on any atom is 0.416 e. The smallest absolute Gasteiger partial charge is 0.416 e. The Morgan fingerprint density at radius 1 is 0.867 bits per heavy atom. The van der Waals surface area contributed by atoms with Crippen molar-refractivity contribution in [3.8, 4) is 0 Å². The summed E-state index contributed by atoms with van der Waals surface area (Å²) < 4.78 is 42.8. The fourth-order valence-electron chi connectivity index (χ4n) is 4.07. The van der Waals surface area contributed by atoms with Crippen LogP contribution in [0.3, 0.4) is 0 Å². The lowest BCUT2D eigenvalue weighted by molar-refractivity contribution is -0.149. The van der Waals surface area contributed by atoms with E-state index >= 15 is 0 Å². The summed E-state index contributed by atoms with van der Waals surface area (Å²) in [5.41, 5.74) is -0.586. The molecule has 0 aliphatic carbocycles. The number of hydrogen-bond donors (Lipinski definition) is 0. The van der Waals surface area contributed by atoms with Gasteiger partial charge in [-0.05, 0) is 49.9 Å². The van der Waals surface area contributed by atoms with E-state index in [0.29, 0.717) is 51.9 Å². The van der Waals surface area contributed by atoms with Crippen molar-refractivity contribution in [1.82, 2.24) is 9.80 Å². The van der Waals surface area contributed by atoms with Gasteiger partial charge in [-0.1, -0.05) is 0 Å². The Morgan fingerprint density at radius 3 is 1.87 bits per heavy atom. The quantitative estimate of drug-likeness (QED) is 0.697. The number of piperidine rings is 2. The van der Waals surface area contributed by atoms with E-state index in [1.807, 2.05) is 0 Å². The number of ether oxygens (including phenoxy) is 1. The van der Waals surface area contributed by atoms with Crippen molar-refractivity contribution in [2.75, 3.05) is 33.3 Å². The molecule has 0 radical (unpaired) electrons. The Morgan fingerprint density at radius 2 is 1.37 bits per heavy atom. The molecule has 2 saturated heterocycles. The molecule has 2 aliphatic heterocycles. The van der Waals surface area contributed by atoms with Gasteiger partial charge in [0, 0.05) is 37.7 Å². The molecule has 164 valence electrons. The summed E-state index contributed by atoms with van der Waals surface area (Å²) in [6.07, 6.45) is -2.23. The van der Waals surface area contributed by atoms with Crippen LogP contribution >= 0.6 is 0 Å². The van der Waals surface area contributed by atoms with Gasteiger partial charge in [0.25, 0.3) is 5.91 Å². The largest absolute Gasteiger partial charge is 0.469 e. The molecule has 2 fully saturated rings. The van der Waals surface area contributed by atoms with Crippen LogP contribution in [0.15, 0.2) is 24.3 Å². The molecule has 6 nitrogen and oxygen atoms in total. The number of carbonyl (C=O) groups is 3. The number of halogens is 3. The maximum absolute atomic E-state index is 12.8. The number of benzene rings is 1. The van der Waals surface area contributed by atoms with Crippen LogP contribution in [0.2, 0.25) is 0 Å². The van der Waals surface area contributed by atoms with E-state index in [2.05, 4.69) is 0 Å². The molecule has 0 atom stereocenters. The number of carbonyl (C=O) groups excluding carboxylic acids is 3. The Kier molecular flexibility index (Phi) is 6.67. The van der Waals surface area contributed by atoms with Gasteiger partial charge in [-0.25, -0.2) is 0 Å². The number of methoxy groups -OCH3 is 1. The van der Waals surface area contributed by atoms with Gasteiger partial charge in [-0.15, -0.1) is 0 Å². The molecule has 0 aromatic heterocycles. The van der Waals surface area contributed by atoms with Crippen LogP contribution < -0.4 is 0 Å². The second-order valence-corrected chi connectivity index (χ2v) is 7.76. The van der Waals surface area contributed by atoms with Gasteiger partial charge in [-0.3, -0.25) is 14.4 Å². The predicted molar refractivity (Wildman–Crippen MR) is 101 cm³/mol. The summed E-state index contributed by atoms with van der Waals surface area (Å²) >= 11 is 0. The minimum Gasteiger partial charge on any atom is -0.469 e. The first kappa shape index (κ1) is 22.1. The Bertz CT molecular complexity index is 778. The molecule has 0 N–H and O–H groups in total. The molecule has 0 bridgehead atoms. The van der Waals surface area contributed by atoms with E-state index in [1.54, 1.807) is 9.80 Å². The van der Waals surface area contributed by atoms with Crippen LogP contribution in [0.5, 0.6) is 0 Å². The van der Waals surface area contributed by atoms with Crippen molar-refractivity contribution in [1.29, 1.82) is 0 Å². The fourth-order valence-corrected chi connectivity index (χ4v) is 4.07. The molecule has 1 aromatic rings. The first-order chi connectivity index (χ1) is 14.2. The van der Waals surface area contributed by atoms with Crippen molar-refractivity contribution in [3.63, 3.8) is 0 Å². The zero-order chi connectivity index (χ0) is 21.9. The summed E-state index contributed by atoms with van der Waals surface area (Å²) in [5, 5.41) is 0. The predicted octanol–water partition coefficient (Wildman–Crippen LogP) is 2.97. The van der Waals surface area contributed by atoms with E-state index < -0.39 is 11.7 Å². The SMILES string of the molecule is COC(=O)C1CCN(C(=O)C2CCN(C(=O)c3ccc(C(F)(F)F)cc3)CC2)CC1. The molecular weight excluding hydrogens is 401 g/mol.